The second kappa shape index (κ2) is 31.2. The Balaban J connectivity index is 0.000000115. The van der Waals surface area contributed by atoms with Gasteiger partial charge in [0.25, 0.3) is 0 Å². The van der Waals surface area contributed by atoms with Gasteiger partial charge in [-0.2, -0.15) is 0 Å². The Hall–Kier alpha value is -11.8. The zero-order valence-electron chi connectivity index (χ0n) is 66.8. The van der Waals surface area contributed by atoms with E-state index in [1.54, 1.807) is 0 Å². The highest BCUT2D eigenvalue weighted by atomic mass is 32.1. The van der Waals surface area contributed by atoms with E-state index in [1.165, 1.54) is 232 Å². The largest absolute Gasteiger partial charge is 0.135 e. The van der Waals surface area contributed by atoms with E-state index in [0.717, 1.165) is 32.1 Å². The van der Waals surface area contributed by atoms with Crippen LogP contribution in [0.1, 0.15) is 113 Å². The molecule has 0 amide bonds. The monoisotopic (exact) mass is 1530 g/mol. The van der Waals surface area contributed by atoms with Crippen molar-refractivity contribution in [2.24, 2.45) is 0 Å². The van der Waals surface area contributed by atoms with Crippen LogP contribution in [0.3, 0.4) is 0 Å². The predicted molar refractivity (Wildman–Crippen MR) is 511 cm³/mol. The first kappa shape index (κ1) is 73.4. The number of hydrogen-bond acceptors (Lipinski definition) is 3. The number of aryl methyl sites for hydroxylation is 4. The fraction of sp³-hybridized carbons (Fsp3) is 0.143. The van der Waals surface area contributed by atoms with Crippen LogP contribution < -0.4 is 0 Å². The van der Waals surface area contributed by atoms with Crippen LogP contribution in [0.4, 0.5) is 0 Å². The number of thiophene rings is 3. The predicted octanol–water partition coefficient (Wildman–Crippen LogP) is 34.4. The van der Waals surface area contributed by atoms with Gasteiger partial charge in [0.05, 0.1) is 0 Å². The van der Waals surface area contributed by atoms with E-state index < -0.39 is 0 Å². The van der Waals surface area contributed by atoms with Crippen LogP contribution in [0.25, 0.3) is 192 Å². The summed E-state index contributed by atoms with van der Waals surface area (Å²) in [5.74, 6) is 0.996. The summed E-state index contributed by atoms with van der Waals surface area (Å²) < 4.78 is 8.32. The van der Waals surface area contributed by atoms with Crippen molar-refractivity contribution in [2.75, 3.05) is 0 Å². The van der Waals surface area contributed by atoms with Crippen molar-refractivity contribution < 1.29 is 0 Å². The van der Waals surface area contributed by atoms with Crippen molar-refractivity contribution in [1.82, 2.24) is 0 Å². The van der Waals surface area contributed by atoms with E-state index in [-0.39, 0.29) is 0 Å². The Labute approximate surface area is 687 Å². The van der Waals surface area contributed by atoms with Gasteiger partial charge in [0.15, 0.2) is 0 Å². The van der Waals surface area contributed by atoms with Crippen molar-refractivity contribution in [1.29, 1.82) is 0 Å². The van der Waals surface area contributed by atoms with Gasteiger partial charge in [-0.3, -0.25) is 0 Å². The van der Waals surface area contributed by atoms with Gasteiger partial charge in [0, 0.05) is 60.5 Å². The average molecular weight is 1530 g/mol. The van der Waals surface area contributed by atoms with Gasteiger partial charge >= 0.3 is 0 Å². The molecule has 3 heterocycles. The van der Waals surface area contributed by atoms with E-state index in [2.05, 4.69) is 383 Å². The molecule has 0 spiro atoms. The summed E-state index contributed by atoms with van der Waals surface area (Å²) in [4.78, 5) is 0. The molecule has 0 aliphatic heterocycles. The molecule has 0 nitrogen and oxygen atoms in total. The van der Waals surface area contributed by atoms with E-state index in [0.29, 0.717) is 11.8 Å². The molecule has 0 atom stereocenters. The lowest BCUT2D eigenvalue weighted by molar-refractivity contribution is 0.868. The summed E-state index contributed by atoms with van der Waals surface area (Å²) in [6.07, 6.45) is 6.68. The second-order valence-electron chi connectivity index (χ2n) is 32.0. The summed E-state index contributed by atoms with van der Waals surface area (Å²) in [5, 5.41) is 24.1. The van der Waals surface area contributed by atoms with E-state index in [1.807, 2.05) is 34.0 Å². The van der Waals surface area contributed by atoms with Crippen molar-refractivity contribution in [3.05, 3.63) is 361 Å². The van der Waals surface area contributed by atoms with Gasteiger partial charge in [-0.25, -0.2) is 0 Å². The zero-order chi connectivity index (χ0) is 78.0. The molecule has 21 aromatic rings. The lowest BCUT2D eigenvalue weighted by Crippen LogP contribution is -1.90. The summed E-state index contributed by atoms with van der Waals surface area (Å²) in [6.45, 7) is 18.2. The maximum atomic E-state index is 2.45. The van der Waals surface area contributed by atoms with Crippen LogP contribution in [0.2, 0.25) is 0 Å². The Morgan fingerprint density at radius 2 is 0.504 bits per heavy atom. The van der Waals surface area contributed by atoms with Gasteiger partial charge in [-0.05, 0) is 293 Å². The Morgan fingerprint density at radius 1 is 0.209 bits per heavy atom. The van der Waals surface area contributed by atoms with Crippen LogP contribution in [-0.2, 0) is 25.7 Å². The first-order valence-electron chi connectivity index (χ1n) is 41.4. The number of benzene rings is 18. The first-order valence-corrected chi connectivity index (χ1v) is 43.9. The van der Waals surface area contributed by atoms with Gasteiger partial charge in [0.1, 0.15) is 0 Å². The normalized spacial score (nSPS) is 11.8. The molecule has 0 fully saturated rings. The van der Waals surface area contributed by atoms with Gasteiger partial charge in [-0.1, -0.05) is 305 Å². The molecule has 0 saturated carbocycles. The average Bonchev–Trinajstić information content (AvgIpc) is 1.71. The molecule has 0 radical (unpaired) electrons. The molecular weight excluding hydrogens is 1440 g/mol. The highest BCUT2D eigenvalue weighted by Crippen LogP contribution is 2.48. The topological polar surface area (TPSA) is 0 Å². The van der Waals surface area contributed by atoms with E-state index >= 15 is 0 Å². The minimum atomic E-state index is 0.472. The third kappa shape index (κ3) is 13.7. The lowest BCUT2D eigenvalue weighted by Gasteiger charge is -2.13. The van der Waals surface area contributed by atoms with Gasteiger partial charge < -0.3 is 0 Å². The quantitative estimate of drug-likeness (QED) is 0.0952. The molecule has 115 heavy (non-hydrogen) atoms. The fourth-order valence-electron chi connectivity index (χ4n) is 17.9. The Bertz CT molecular complexity index is 7300. The molecule has 0 aliphatic rings. The maximum absolute atomic E-state index is 2.45. The molecular formula is C112H92S3. The van der Waals surface area contributed by atoms with Crippen molar-refractivity contribution >= 4 is 159 Å². The van der Waals surface area contributed by atoms with Gasteiger partial charge in [0.2, 0.25) is 0 Å². The van der Waals surface area contributed by atoms with Crippen LogP contribution in [0.5, 0.6) is 0 Å². The molecule has 558 valence electrons. The van der Waals surface area contributed by atoms with E-state index in [9.17, 15) is 0 Å². The molecule has 3 aromatic heterocycles. The zero-order valence-corrected chi connectivity index (χ0v) is 69.2. The highest BCUT2D eigenvalue weighted by molar-refractivity contribution is 7.27. The van der Waals surface area contributed by atoms with Crippen LogP contribution in [0, 0.1) is 0 Å². The number of rotatable bonds is 14. The minimum absolute atomic E-state index is 0.472. The molecule has 0 unspecified atom stereocenters. The number of fused-ring (bicyclic) bond motifs is 18. The standard InChI is InChI=1S/2C38H32S.C36H28S/c1-23(2)27-17-18-37-35(19-27)36-22-29(24(3)4)21-34(38(36)39-37)26-15-13-25(14-16-26)33-20-28-9-5-6-10-30(28)31-11-7-8-12-32(31)33;1-3-9-25-15-20-37-35(21-25)36-23-26(10-4-2)22-34(38(36)39-37)28-18-16-27(17-19-28)33-24-29-11-5-6-12-30(29)31-13-7-8-14-32(31)33;1-3-23-13-18-35-33(19-23)34-21-24(4-2)20-32(36(34)37-35)26-16-14-25(15-17-26)31-22-27-9-5-6-10-28(27)29-11-7-8-12-30(29)31/h5-24H,1-4H3;5-8,11-24H,3-4,9-10H2,1-2H3;5-22H,3-4H2,1-2H3. The summed E-state index contributed by atoms with van der Waals surface area (Å²) in [6, 6.07) is 123. The number of hydrogen-bond donors (Lipinski definition) is 0. The fourth-order valence-corrected chi connectivity index (χ4v) is 21.5. The smallest absolute Gasteiger partial charge is 0.0434 e. The third-order valence-corrected chi connectivity index (χ3v) is 27.7. The van der Waals surface area contributed by atoms with Gasteiger partial charge in [-0.15, -0.1) is 34.0 Å². The molecule has 0 bridgehead atoms. The summed E-state index contributed by atoms with van der Waals surface area (Å²) in [5.41, 5.74) is 24.1. The van der Waals surface area contributed by atoms with E-state index in [4.69, 9.17) is 0 Å². The molecule has 0 aliphatic carbocycles. The Kier molecular flexibility index (Phi) is 19.9. The van der Waals surface area contributed by atoms with Crippen molar-refractivity contribution in [3.8, 4) is 66.8 Å². The summed E-state index contributed by atoms with van der Waals surface area (Å²) >= 11 is 5.79. The van der Waals surface area contributed by atoms with Crippen molar-refractivity contribution in [2.45, 2.75) is 106 Å². The third-order valence-electron chi connectivity index (χ3n) is 24.1. The molecule has 0 N–H and O–H groups in total. The summed E-state index contributed by atoms with van der Waals surface area (Å²) in [7, 11) is 0. The first-order chi connectivity index (χ1) is 56.4. The molecule has 21 rings (SSSR count). The maximum Gasteiger partial charge on any atom is 0.0434 e. The lowest BCUT2D eigenvalue weighted by atomic mass is 9.91. The van der Waals surface area contributed by atoms with Crippen LogP contribution >= 0.6 is 34.0 Å². The molecule has 18 aromatic carbocycles. The van der Waals surface area contributed by atoms with Crippen molar-refractivity contribution in [3.63, 3.8) is 0 Å². The Morgan fingerprint density at radius 3 is 0.904 bits per heavy atom. The molecule has 0 saturated heterocycles. The minimum Gasteiger partial charge on any atom is -0.135 e. The molecule has 3 heteroatoms. The van der Waals surface area contributed by atoms with Crippen LogP contribution in [0.15, 0.2) is 328 Å². The van der Waals surface area contributed by atoms with Crippen LogP contribution in [-0.4, -0.2) is 0 Å². The second-order valence-corrected chi connectivity index (χ2v) is 35.2. The highest BCUT2D eigenvalue weighted by Gasteiger charge is 2.21. The SMILES string of the molecule is CC(C)c1ccc2sc3c(-c4ccc(-c5cc6ccccc6c6ccccc56)cc4)cc(C(C)C)cc3c2c1.CCCc1ccc2sc3c(-c4ccc(-c5cc6ccccc6c6ccccc56)cc4)cc(CCC)cc3c2c1.CCc1ccc2sc3c(-c4ccc(-c5cc6ccccc6c6ccccc56)cc4)cc(CC)cc3c2c1.